The topological polar surface area (TPSA) is 64.9 Å². The highest BCUT2D eigenvalue weighted by Gasteiger charge is 2.18. The molecule has 2 N–H and O–H groups in total. The fraction of sp³-hybridized carbons (Fsp3) is 0.333. The Labute approximate surface area is 106 Å². The first-order valence-electron chi connectivity index (χ1n) is 5.15. The predicted molar refractivity (Wildman–Crippen MR) is 66.5 cm³/mol. The number of rotatable bonds is 3. The van der Waals surface area contributed by atoms with Crippen LogP contribution in [-0.2, 0) is 6.54 Å². The molecule has 0 aliphatic heterocycles. The zero-order valence-corrected chi connectivity index (χ0v) is 10.5. The highest BCUT2D eigenvalue weighted by molar-refractivity contribution is 6.30. The van der Waals surface area contributed by atoms with Gasteiger partial charge in [0, 0.05) is 11.6 Å². The van der Waals surface area contributed by atoms with Gasteiger partial charge in [-0.2, -0.15) is 5.26 Å². The van der Waals surface area contributed by atoms with Gasteiger partial charge in [-0.1, -0.05) is 23.7 Å². The average molecular weight is 252 g/mol. The molecule has 90 valence electrons. The van der Waals surface area contributed by atoms with E-state index in [-0.39, 0.29) is 6.03 Å². The van der Waals surface area contributed by atoms with Crippen LogP contribution in [0.2, 0.25) is 5.02 Å². The molecule has 5 heteroatoms. The molecule has 0 radical (unpaired) electrons. The van der Waals surface area contributed by atoms with Crippen molar-refractivity contribution in [3.05, 3.63) is 34.9 Å². The second kappa shape index (κ2) is 5.55. The molecular formula is C12H14ClN3O. The lowest BCUT2D eigenvalue weighted by atomic mass is 10.1. The summed E-state index contributed by atoms with van der Waals surface area (Å²) in [5.41, 5.74) is 0.0284. The Balaban J connectivity index is 2.47. The maximum atomic E-state index is 11.5. The summed E-state index contributed by atoms with van der Waals surface area (Å²) in [5.74, 6) is 0. The summed E-state index contributed by atoms with van der Waals surface area (Å²) in [6.07, 6.45) is 0. The third-order valence-electron chi connectivity index (χ3n) is 2.05. The van der Waals surface area contributed by atoms with Gasteiger partial charge in [0.1, 0.15) is 5.54 Å². The molecule has 1 aromatic rings. The van der Waals surface area contributed by atoms with E-state index >= 15 is 0 Å². The van der Waals surface area contributed by atoms with Crippen LogP contribution in [0.3, 0.4) is 0 Å². The molecule has 0 unspecified atom stereocenters. The standard InChI is InChI=1S/C12H14ClN3O/c1-12(2,8-14)16-11(17)15-7-9-4-3-5-10(13)6-9/h3-6H,7H2,1-2H3,(H2,15,16,17). The number of hydrogen-bond donors (Lipinski definition) is 2. The summed E-state index contributed by atoms with van der Waals surface area (Å²) < 4.78 is 0. The first-order chi connectivity index (χ1) is 7.93. The van der Waals surface area contributed by atoms with Crippen molar-refractivity contribution in [3.63, 3.8) is 0 Å². The lowest BCUT2D eigenvalue weighted by molar-refractivity contribution is 0.234. The number of nitrogens with zero attached hydrogens (tertiary/aromatic N) is 1. The number of halogens is 1. The molecule has 0 atom stereocenters. The van der Waals surface area contributed by atoms with Crippen LogP contribution >= 0.6 is 11.6 Å². The second-order valence-corrected chi connectivity index (χ2v) is 4.61. The SMILES string of the molecule is CC(C)(C#N)NC(=O)NCc1cccc(Cl)c1. The molecule has 0 heterocycles. The van der Waals surface area contributed by atoms with Crippen molar-refractivity contribution in [1.29, 1.82) is 5.26 Å². The lowest BCUT2D eigenvalue weighted by Crippen LogP contribution is -2.47. The largest absolute Gasteiger partial charge is 0.334 e. The molecule has 0 aromatic heterocycles. The molecule has 0 bridgehead atoms. The maximum Gasteiger partial charge on any atom is 0.316 e. The van der Waals surface area contributed by atoms with Crippen molar-refractivity contribution in [2.45, 2.75) is 25.9 Å². The van der Waals surface area contributed by atoms with Gasteiger partial charge in [-0.05, 0) is 31.5 Å². The summed E-state index contributed by atoms with van der Waals surface area (Å²) in [4.78, 5) is 11.5. The van der Waals surface area contributed by atoms with Gasteiger partial charge in [-0.3, -0.25) is 0 Å². The highest BCUT2D eigenvalue weighted by atomic mass is 35.5. The monoisotopic (exact) mass is 251 g/mol. The molecule has 2 amide bonds. The average Bonchev–Trinajstić information content (AvgIpc) is 2.26. The van der Waals surface area contributed by atoms with E-state index in [0.29, 0.717) is 11.6 Å². The summed E-state index contributed by atoms with van der Waals surface area (Å²) in [5, 5.41) is 14.6. The summed E-state index contributed by atoms with van der Waals surface area (Å²) >= 11 is 5.82. The molecule has 0 aliphatic carbocycles. The van der Waals surface area contributed by atoms with E-state index in [9.17, 15) is 4.79 Å². The second-order valence-electron chi connectivity index (χ2n) is 4.17. The van der Waals surface area contributed by atoms with Gasteiger partial charge in [-0.15, -0.1) is 0 Å². The number of urea groups is 1. The molecule has 0 aliphatic rings. The van der Waals surface area contributed by atoms with E-state index in [1.807, 2.05) is 18.2 Å². The molecule has 1 aromatic carbocycles. The van der Waals surface area contributed by atoms with Gasteiger partial charge < -0.3 is 10.6 Å². The van der Waals surface area contributed by atoms with Crippen LogP contribution in [0.4, 0.5) is 4.79 Å². The number of nitrogens with one attached hydrogen (secondary N) is 2. The minimum atomic E-state index is -0.877. The Morgan fingerprint density at radius 3 is 2.82 bits per heavy atom. The van der Waals surface area contributed by atoms with Gasteiger partial charge in [0.2, 0.25) is 0 Å². The van der Waals surface area contributed by atoms with Crippen LogP contribution < -0.4 is 10.6 Å². The number of carbonyl (C=O) groups excluding carboxylic acids is 1. The van der Waals surface area contributed by atoms with Gasteiger partial charge >= 0.3 is 6.03 Å². The molecule has 1 rings (SSSR count). The van der Waals surface area contributed by atoms with Gasteiger partial charge in [0.15, 0.2) is 0 Å². The van der Waals surface area contributed by atoms with Crippen LogP contribution in [0.25, 0.3) is 0 Å². The number of nitriles is 1. The van der Waals surface area contributed by atoms with E-state index in [1.165, 1.54) is 0 Å². The van der Waals surface area contributed by atoms with E-state index < -0.39 is 5.54 Å². The first-order valence-corrected chi connectivity index (χ1v) is 5.52. The number of hydrogen-bond acceptors (Lipinski definition) is 2. The minimum Gasteiger partial charge on any atom is -0.334 e. The Hall–Kier alpha value is -1.73. The molecule has 0 saturated carbocycles. The molecule has 0 saturated heterocycles. The summed E-state index contributed by atoms with van der Waals surface area (Å²) in [6, 6.07) is 8.83. The number of benzene rings is 1. The van der Waals surface area contributed by atoms with Crippen molar-refractivity contribution in [1.82, 2.24) is 10.6 Å². The minimum absolute atomic E-state index is 0.369. The van der Waals surface area contributed by atoms with E-state index in [4.69, 9.17) is 16.9 Å². The number of carbonyl (C=O) groups is 1. The Bertz CT molecular complexity index is 451. The van der Waals surface area contributed by atoms with Crippen molar-refractivity contribution in [2.75, 3.05) is 0 Å². The van der Waals surface area contributed by atoms with Crippen molar-refractivity contribution >= 4 is 17.6 Å². The van der Waals surface area contributed by atoms with E-state index in [1.54, 1.807) is 26.0 Å². The van der Waals surface area contributed by atoms with Crippen LogP contribution in [0.1, 0.15) is 19.4 Å². The molecule has 4 nitrogen and oxygen atoms in total. The van der Waals surface area contributed by atoms with E-state index in [2.05, 4.69) is 10.6 Å². The first kappa shape index (κ1) is 13.3. The fourth-order valence-electron chi connectivity index (χ4n) is 1.19. The molecule has 17 heavy (non-hydrogen) atoms. The van der Waals surface area contributed by atoms with Crippen LogP contribution in [0.5, 0.6) is 0 Å². The van der Waals surface area contributed by atoms with Crippen LogP contribution in [-0.4, -0.2) is 11.6 Å². The highest BCUT2D eigenvalue weighted by Crippen LogP contribution is 2.10. The Morgan fingerprint density at radius 1 is 1.53 bits per heavy atom. The van der Waals surface area contributed by atoms with Crippen LogP contribution in [0, 0.1) is 11.3 Å². The normalized spacial score (nSPS) is 10.5. The van der Waals surface area contributed by atoms with Crippen molar-refractivity contribution in [2.24, 2.45) is 0 Å². The Kier molecular flexibility index (Phi) is 4.36. The molecular weight excluding hydrogens is 238 g/mol. The quantitative estimate of drug-likeness (QED) is 0.867. The van der Waals surface area contributed by atoms with E-state index in [0.717, 1.165) is 5.56 Å². The van der Waals surface area contributed by atoms with Crippen LogP contribution in [0.15, 0.2) is 24.3 Å². The fourth-order valence-corrected chi connectivity index (χ4v) is 1.40. The zero-order chi connectivity index (χ0) is 12.9. The maximum absolute atomic E-state index is 11.5. The lowest BCUT2D eigenvalue weighted by Gasteiger charge is -2.17. The number of amides is 2. The third kappa shape index (κ3) is 4.75. The van der Waals surface area contributed by atoms with Gasteiger partial charge in [0.05, 0.1) is 6.07 Å². The van der Waals surface area contributed by atoms with Crippen molar-refractivity contribution < 1.29 is 4.79 Å². The van der Waals surface area contributed by atoms with Crippen molar-refractivity contribution in [3.8, 4) is 6.07 Å². The predicted octanol–water partition coefficient (Wildman–Crippen LogP) is 2.44. The third-order valence-corrected chi connectivity index (χ3v) is 2.28. The molecule has 0 spiro atoms. The van der Waals surface area contributed by atoms with Gasteiger partial charge in [0.25, 0.3) is 0 Å². The Morgan fingerprint density at radius 2 is 2.24 bits per heavy atom. The summed E-state index contributed by atoms with van der Waals surface area (Å²) in [7, 11) is 0. The smallest absolute Gasteiger partial charge is 0.316 e. The van der Waals surface area contributed by atoms with Gasteiger partial charge in [-0.25, -0.2) is 4.79 Å². The molecule has 0 fully saturated rings. The summed E-state index contributed by atoms with van der Waals surface area (Å²) in [6.45, 7) is 3.63. The zero-order valence-electron chi connectivity index (χ0n) is 9.75.